The number of hydrogen-bond acceptors (Lipinski definition) is 4. The Balaban J connectivity index is 2.26. The molecule has 2 rings (SSSR count). The average Bonchev–Trinajstić information content (AvgIpc) is 2.61. The minimum Gasteiger partial charge on any atom is -0.486 e. The van der Waals surface area contributed by atoms with Gasteiger partial charge in [-0.25, -0.2) is 5.43 Å². The number of nitrogens with one attached hydrogen (secondary N) is 1. The third kappa shape index (κ3) is 5.27. The number of hydrogen-bond donors (Lipinski definition) is 1. The zero-order valence-corrected chi connectivity index (χ0v) is 18.7. The summed E-state index contributed by atoms with van der Waals surface area (Å²) in [4.78, 5) is 12.9. The van der Waals surface area contributed by atoms with Gasteiger partial charge in [0, 0.05) is 22.3 Å². The molecular formula is C23H36N2O3. The van der Waals surface area contributed by atoms with Gasteiger partial charge in [0.15, 0.2) is 11.5 Å². The van der Waals surface area contributed by atoms with Gasteiger partial charge in [0.25, 0.3) is 5.91 Å². The van der Waals surface area contributed by atoms with Crippen LogP contribution in [0.15, 0.2) is 17.2 Å². The monoisotopic (exact) mass is 388 g/mol. The maximum Gasteiger partial charge on any atom is 0.271 e. The Bertz CT molecular complexity index is 739. The number of nitrogens with zero attached hydrogens (tertiary/aromatic N) is 1. The summed E-state index contributed by atoms with van der Waals surface area (Å²) in [6.45, 7) is 18.4. The molecule has 0 fully saturated rings. The zero-order valence-electron chi connectivity index (χ0n) is 18.7. The number of ether oxygens (including phenoxy) is 2. The van der Waals surface area contributed by atoms with E-state index in [9.17, 15) is 4.79 Å². The van der Waals surface area contributed by atoms with Crippen LogP contribution in [0.5, 0.6) is 11.5 Å². The van der Waals surface area contributed by atoms with Gasteiger partial charge in [-0.2, -0.15) is 5.10 Å². The predicted octanol–water partition coefficient (Wildman–Crippen LogP) is 5.22. The van der Waals surface area contributed by atoms with Crippen molar-refractivity contribution in [2.75, 3.05) is 13.2 Å². The van der Waals surface area contributed by atoms with Crippen LogP contribution in [0.4, 0.5) is 0 Å². The van der Waals surface area contributed by atoms with E-state index < -0.39 is 0 Å². The van der Waals surface area contributed by atoms with Crippen molar-refractivity contribution in [3.8, 4) is 11.5 Å². The molecule has 0 bridgehead atoms. The second kappa shape index (κ2) is 8.54. The molecule has 1 aliphatic rings. The van der Waals surface area contributed by atoms with Crippen molar-refractivity contribution < 1.29 is 14.3 Å². The highest BCUT2D eigenvalue weighted by Crippen LogP contribution is 2.36. The number of benzene rings is 1. The van der Waals surface area contributed by atoms with Crippen LogP contribution >= 0.6 is 0 Å². The van der Waals surface area contributed by atoms with Crippen molar-refractivity contribution in [1.82, 2.24) is 5.43 Å². The first-order valence-corrected chi connectivity index (χ1v) is 10.2. The molecule has 0 aromatic heterocycles. The lowest BCUT2D eigenvalue weighted by molar-refractivity contribution is 0.0951. The van der Waals surface area contributed by atoms with E-state index in [2.05, 4.69) is 59.0 Å². The Morgan fingerprint density at radius 3 is 2.36 bits per heavy atom. The average molecular weight is 389 g/mol. The molecule has 1 aromatic rings. The van der Waals surface area contributed by atoms with E-state index in [0.29, 0.717) is 42.6 Å². The number of carbonyl (C=O) groups excluding carboxylic acids is 1. The first-order valence-electron chi connectivity index (χ1n) is 10.2. The van der Waals surface area contributed by atoms with Crippen LogP contribution in [0, 0.1) is 16.7 Å². The molecule has 5 heteroatoms. The lowest BCUT2D eigenvalue weighted by atomic mass is 9.75. The van der Waals surface area contributed by atoms with Crippen LogP contribution in [-0.4, -0.2) is 24.8 Å². The van der Waals surface area contributed by atoms with Crippen molar-refractivity contribution >= 4 is 11.6 Å². The molecule has 156 valence electrons. The van der Waals surface area contributed by atoms with E-state index >= 15 is 0 Å². The smallest absolute Gasteiger partial charge is 0.271 e. The quantitative estimate of drug-likeness (QED) is 0.555. The first kappa shape index (κ1) is 22.3. The number of hydrazone groups is 1. The van der Waals surface area contributed by atoms with Crippen LogP contribution in [-0.2, 0) is 6.42 Å². The van der Waals surface area contributed by atoms with Crippen LogP contribution in [0.2, 0.25) is 0 Å². The standard InChI is InChI=1S/C23H36N2O3/c1-9-16-17(10-11-18-20(16)28-13-12-27-18)21(26)25-24-19(23(6,7)8)14-15(2)22(3,4)5/h10-11,15H,9,12-14H2,1-8H3,(H,25,26). The Kier molecular flexibility index (Phi) is 6.79. The largest absolute Gasteiger partial charge is 0.486 e. The maximum absolute atomic E-state index is 12.9. The van der Waals surface area contributed by atoms with Crippen molar-refractivity contribution in [3.05, 3.63) is 23.3 Å². The third-order valence-electron chi connectivity index (χ3n) is 5.55. The van der Waals surface area contributed by atoms with Gasteiger partial charge in [0.2, 0.25) is 0 Å². The van der Waals surface area contributed by atoms with Crippen molar-refractivity contribution in [2.24, 2.45) is 21.8 Å². The fourth-order valence-electron chi connectivity index (χ4n) is 3.03. The summed E-state index contributed by atoms with van der Waals surface area (Å²) >= 11 is 0. The molecule has 1 amide bonds. The normalized spacial score (nSPS) is 15.9. The van der Waals surface area contributed by atoms with Crippen LogP contribution < -0.4 is 14.9 Å². The second-order valence-corrected chi connectivity index (χ2v) is 9.69. The Hall–Kier alpha value is -2.04. The van der Waals surface area contributed by atoms with E-state index in [1.54, 1.807) is 12.1 Å². The summed E-state index contributed by atoms with van der Waals surface area (Å²) in [5.74, 6) is 1.63. The molecule has 28 heavy (non-hydrogen) atoms. The van der Waals surface area contributed by atoms with E-state index in [1.165, 1.54) is 0 Å². The minimum atomic E-state index is -0.209. The van der Waals surface area contributed by atoms with Crippen LogP contribution in [0.3, 0.4) is 0 Å². The van der Waals surface area contributed by atoms with Gasteiger partial charge in [-0.1, -0.05) is 55.4 Å². The van der Waals surface area contributed by atoms with E-state index in [4.69, 9.17) is 9.47 Å². The number of carbonyl (C=O) groups is 1. The van der Waals surface area contributed by atoms with Crippen molar-refractivity contribution in [2.45, 2.75) is 68.2 Å². The Morgan fingerprint density at radius 1 is 1.14 bits per heavy atom. The summed E-state index contributed by atoms with van der Waals surface area (Å²) in [6, 6.07) is 3.60. The minimum absolute atomic E-state index is 0.118. The molecule has 1 aliphatic heterocycles. The Morgan fingerprint density at radius 2 is 1.79 bits per heavy atom. The highest BCUT2D eigenvalue weighted by atomic mass is 16.6. The van der Waals surface area contributed by atoms with E-state index in [-0.39, 0.29) is 16.7 Å². The molecule has 1 atom stereocenters. The van der Waals surface area contributed by atoms with Gasteiger partial charge in [0.1, 0.15) is 13.2 Å². The Labute approximate surface area is 169 Å². The van der Waals surface area contributed by atoms with Crippen LogP contribution in [0.1, 0.15) is 77.7 Å². The topological polar surface area (TPSA) is 59.9 Å². The number of amides is 1. The molecule has 5 nitrogen and oxygen atoms in total. The van der Waals surface area contributed by atoms with Gasteiger partial charge in [0.05, 0.1) is 0 Å². The number of rotatable bonds is 5. The molecule has 1 unspecified atom stereocenters. The molecule has 1 aromatic carbocycles. The summed E-state index contributed by atoms with van der Waals surface area (Å²) in [5.41, 5.74) is 5.32. The molecule has 0 spiro atoms. The predicted molar refractivity (Wildman–Crippen MR) is 114 cm³/mol. The highest BCUT2D eigenvalue weighted by molar-refractivity contribution is 5.98. The summed E-state index contributed by atoms with van der Waals surface area (Å²) in [5, 5.41) is 4.56. The third-order valence-corrected chi connectivity index (χ3v) is 5.55. The van der Waals surface area contributed by atoms with Gasteiger partial charge >= 0.3 is 0 Å². The number of fused-ring (bicyclic) bond motifs is 1. The molecule has 1 heterocycles. The molecule has 0 saturated carbocycles. The summed E-state index contributed by atoms with van der Waals surface area (Å²) in [7, 11) is 0. The fourth-order valence-corrected chi connectivity index (χ4v) is 3.03. The zero-order chi connectivity index (χ0) is 21.1. The molecule has 1 N–H and O–H groups in total. The highest BCUT2D eigenvalue weighted by Gasteiger charge is 2.28. The molecule has 0 radical (unpaired) electrons. The molecular weight excluding hydrogens is 352 g/mol. The maximum atomic E-state index is 12.9. The fraction of sp³-hybridized carbons (Fsp3) is 0.652. The summed E-state index contributed by atoms with van der Waals surface area (Å²) < 4.78 is 11.4. The van der Waals surface area contributed by atoms with E-state index in [1.807, 2.05) is 6.92 Å². The van der Waals surface area contributed by atoms with Crippen LogP contribution in [0.25, 0.3) is 0 Å². The van der Waals surface area contributed by atoms with Gasteiger partial charge < -0.3 is 9.47 Å². The molecule has 0 aliphatic carbocycles. The van der Waals surface area contributed by atoms with Gasteiger partial charge in [-0.3, -0.25) is 4.79 Å². The lowest BCUT2D eigenvalue weighted by Gasteiger charge is -2.31. The SMILES string of the molecule is CCc1c(C(=O)NN=C(CC(C)C(C)(C)C)C(C)(C)C)ccc2c1OCCO2. The lowest BCUT2D eigenvalue weighted by Crippen LogP contribution is -2.31. The van der Waals surface area contributed by atoms with E-state index in [0.717, 1.165) is 17.7 Å². The molecule has 0 saturated heterocycles. The van der Waals surface area contributed by atoms with Gasteiger partial charge in [-0.15, -0.1) is 0 Å². The second-order valence-electron chi connectivity index (χ2n) is 9.69. The first-order chi connectivity index (χ1) is 12.9. The van der Waals surface area contributed by atoms with Crippen molar-refractivity contribution in [1.29, 1.82) is 0 Å². The van der Waals surface area contributed by atoms with Gasteiger partial charge in [-0.05, 0) is 36.3 Å². The van der Waals surface area contributed by atoms with Crippen molar-refractivity contribution in [3.63, 3.8) is 0 Å². The summed E-state index contributed by atoms with van der Waals surface area (Å²) in [6.07, 6.45) is 1.53.